The molecule has 0 saturated heterocycles. The van der Waals surface area contributed by atoms with E-state index in [2.05, 4.69) is 0 Å². The van der Waals surface area contributed by atoms with Crippen LogP contribution in [0.15, 0.2) is 48.5 Å². The van der Waals surface area contributed by atoms with E-state index >= 15 is 0 Å². The molecule has 0 aromatic heterocycles. The van der Waals surface area contributed by atoms with Gasteiger partial charge in [0.1, 0.15) is 11.4 Å². The first-order valence-corrected chi connectivity index (χ1v) is 9.64. The molecular formula is C22H28ClNO4. The maximum Gasteiger partial charge on any atom is 0.410 e. The zero-order chi connectivity index (χ0) is 20.9. The van der Waals surface area contributed by atoms with E-state index in [1.165, 1.54) is 4.90 Å². The number of carbonyl (C=O) groups is 1. The van der Waals surface area contributed by atoms with Gasteiger partial charge in [0.05, 0.1) is 12.6 Å². The number of phenolic OH excluding ortho intramolecular Hbond substituents is 1. The molecule has 0 fully saturated rings. The molecule has 1 amide bonds. The number of aromatic hydroxyl groups is 1. The fraction of sp³-hybridized carbons (Fsp3) is 0.409. The van der Waals surface area contributed by atoms with Crippen LogP contribution >= 0.6 is 11.6 Å². The number of hydrogen-bond donors (Lipinski definition) is 2. The van der Waals surface area contributed by atoms with E-state index in [9.17, 15) is 15.0 Å². The second kappa shape index (κ2) is 9.30. The highest BCUT2D eigenvalue weighted by Crippen LogP contribution is 2.22. The average molecular weight is 406 g/mol. The molecule has 0 aliphatic heterocycles. The summed E-state index contributed by atoms with van der Waals surface area (Å²) in [5.41, 5.74) is 0.961. The van der Waals surface area contributed by atoms with Crippen molar-refractivity contribution in [3.8, 4) is 5.75 Å². The Morgan fingerprint density at radius 1 is 1.18 bits per heavy atom. The molecular weight excluding hydrogens is 378 g/mol. The Morgan fingerprint density at radius 3 is 2.39 bits per heavy atom. The van der Waals surface area contributed by atoms with Gasteiger partial charge in [-0.05, 0) is 69.5 Å². The number of amides is 1. The quantitative estimate of drug-likeness (QED) is 0.713. The summed E-state index contributed by atoms with van der Waals surface area (Å²) >= 11 is 6.02. The Labute approximate surface area is 171 Å². The molecule has 28 heavy (non-hydrogen) atoms. The summed E-state index contributed by atoms with van der Waals surface area (Å²) in [5, 5.41) is 20.7. The number of phenols is 1. The largest absolute Gasteiger partial charge is 0.508 e. The minimum Gasteiger partial charge on any atom is -0.508 e. The molecule has 5 nitrogen and oxygen atoms in total. The van der Waals surface area contributed by atoms with Gasteiger partial charge in [0.15, 0.2) is 0 Å². The second-order valence-corrected chi connectivity index (χ2v) is 8.36. The van der Waals surface area contributed by atoms with Crippen molar-refractivity contribution in [1.82, 2.24) is 4.90 Å². The first kappa shape index (κ1) is 22.1. The molecule has 6 heteroatoms. The average Bonchev–Trinajstić information content (AvgIpc) is 2.59. The lowest BCUT2D eigenvalue weighted by Gasteiger charge is -2.33. The molecule has 2 rings (SSSR count). The van der Waals surface area contributed by atoms with Gasteiger partial charge in [0, 0.05) is 11.1 Å². The number of ether oxygens (including phenoxy) is 1. The third-order valence-electron chi connectivity index (χ3n) is 4.23. The third-order valence-corrected chi connectivity index (χ3v) is 4.47. The van der Waals surface area contributed by atoms with Gasteiger partial charge >= 0.3 is 6.09 Å². The first-order valence-electron chi connectivity index (χ1n) is 9.26. The van der Waals surface area contributed by atoms with E-state index in [0.717, 1.165) is 5.56 Å². The monoisotopic (exact) mass is 405 g/mol. The van der Waals surface area contributed by atoms with Crippen LogP contribution in [0.4, 0.5) is 4.79 Å². The molecule has 0 saturated carbocycles. The summed E-state index contributed by atoms with van der Waals surface area (Å²) in [7, 11) is 0. The normalized spacial score (nSPS) is 13.6. The Bertz CT molecular complexity index is 786. The highest BCUT2D eigenvalue weighted by Gasteiger charge is 2.28. The van der Waals surface area contributed by atoms with E-state index in [-0.39, 0.29) is 18.3 Å². The molecule has 0 radical (unpaired) electrons. The molecule has 0 spiro atoms. The second-order valence-electron chi connectivity index (χ2n) is 7.92. The predicted molar refractivity (Wildman–Crippen MR) is 111 cm³/mol. The van der Waals surface area contributed by atoms with Gasteiger partial charge in [0.2, 0.25) is 0 Å². The van der Waals surface area contributed by atoms with Crippen LogP contribution in [-0.2, 0) is 11.2 Å². The number of rotatable bonds is 6. The first-order chi connectivity index (χ1) is 13.0. The summed E-state index contributed by atoms with van der Waals surface area (Å²) in [6, 6.07) is 13.6. The lowest BCUT2D eigenvalue weighted by Crippen LogP contribution is -2.45. The van der Waals surface area contributed by atoms with Crippen LogP contribution in [0.2, 0.25) is 5.02 Å². The molecule has 2 atom stereocenters. The third kappa shape index (κ3) is 6.73. The number of nitrogens with zero attached hydrogens (tertiary/aromatic N) is 1. The van der Waals surface area contributed by atoms with Crippen molar-refractivity contribution in [3.05, 3.63) is 64.7 Å². The molecule has 2 N–H and O–H groups in total. The molecule has 2 unspecified atom stereocenters. The Kier molecular flexibility index (Phi) is 7.33. The number of hydrogen-bond acceptors (Lipinski definition) is 4. The Hall–Kier alpha value is -2.24. The van der Waals surface area contributed by atoms with Crippen LogP contribution in [0.25, 0.3) is 0 Å². The summed E-state index contributed by atoms with van der Waals surface area (Å²) in [6.45, 7) is 7.40. The van der Waals surface area contributed by atoms with Crippen molar-refractivity contribution < 1.29 is 19.7 Å². The number of benzene rings is 2. The Balaban J connectivity index is 2.20. The minimum atomic E-state index is -0.895. The number of halogens is 1. The SMILES string of the molecule is CC(Cc1ccc(O)cc1)N(CC(O)c1cccc(Cl)c1)C(=O)OC(C)(C)C. The predicted octanol–water partition coefficient (Wildman–Crippen LogP) is 4.95. The zero-order valence-corrected chi connectivity index (χ0v) is 17.5. The molecule has 0 heterocycles. The van der Waals surface area contributed by atoms with Crippen molar-refractivity contribution in [3.63, 3.8) is 0 Å². The van der Waals surface area contributed by atoms with Crippen molar-refractivity contribution >= 4 is 17.7 Å². The smallest absolute Gasteiger partial charge is 0.410 e. The number of aliphatic hydroxyl groups excluding tert-OH is 1. The van der Waals surface area contributed by atoms with Crippen LogP contribution in [0, 0.1) is 0 Å². The van der Waals surface area contributed by atoms with Crippen LogP contribution in [0.1, 0.15) is 44.9 Å². The molecule has 2 aromatic rings. The van der Waals surface area contributed by atoms with Gasteiger partial charge in [-0.1, -0.05) is 35.9 Å². The summed E-state index contributed by atoms with van der Waals surface area (Å²) in [5.74, 6) is 0.191. The van der Waals surface area contributed by atoms with Crippen LogP contribution < -0.4 is 0 Å². The molecule has 152 valence electrons. The topological polar surface area (TPSA) is 70.0 Å². The highest BCUT2D eigenvalue weighted by atomic mass is 35.5. The van der Waals surface area contributed by atoms with Crippen LogP contribution in [0.3, 0.4) is 0 Å². The Morgan fingerprint density at radius 2 is 1.82 bits per heavy atom. The van der Waals surface area contributed by atoms with E-state index < -0.39 is 17.8 Å². The van der Waals surface area contributed by atoms with Gasteiger partial charge in [-0.3, -0.25) is 0 Å². The maximum atomic E-state index is 12.8. The van der Waals surface area contributed by atoms with Gasteiger partial charge in [-0.25, -0.2) is 4.79 Å². The fourth-order valence-electron chi connectivity index (χ4n) is 2.84. The highest BCUT2D eigenvalue weighted by molar-refractivity contribution is 6.30. The van der Waals surface area contributed by atoms with Crippen molar-refractivity contribution in [1.29, 1.82) is 0 Å². The maximum absolute atomic E-state index is 12.8. The molecule has 0 aliphatic rings. The number of carbonyl (C=O) groups excluding carboxylic acids is 1. The van der Waals surface area contributed by atoms with E-state index in [1.807, 2.05) is 19.1 Å². The van der Waals surface area contributed by atoms with Crippen molar-refractivity contribution in [2.24, 2.45) is 0 Å². The van der Waals surface area contributed by atoms with E-state index in [0.29, 0.717) is 17.0 Å². The van der Waals surface area contributed by atoms with Gasteiger partial charge in [0.25, 0.3) is 0 Å². The molecule has 0 bridgehead atoms. The summed E-state index contributed by atoms with van der Waals surface area (Å²) in [4.78, 5) is 14.3. The molecule has 0 aliphatic carbocycles. The van der Waals surface area contributed by atoms with Crippen molar-refractivity contribution in [2.75, 3.05) is 6.54 Å². The van der Waals surface area contributed by atoms with Gasteiger partial charge in [-0.15, -0.1) is 0 Å². The van der Waals surface area contributed by atoms with Gasteiger partial charge in [-0.2, -0.15) is 0 Å². The number of aliphatic hydroxyl groups is 1. The van der Waals surface area contributed by atoms with Crippen LogP contribution in [0.5, 0.6) is 5.75 Å². The van der Waals surface area contributed by atoms with Crippen molar-refractivity contribution in [2.45, 2.75) is 51.9 Å². The standard InChI is InChI=1S/C22H28ClNO4/c1-15(12-16-8-10-19(25)11-9-16)24(21(27)28-22(2,3)4)14-20(26)17-6-5-7-18(23)13-17/h5-11,13,15,20,25-26H,12,14H2,1-4H3. The van der Waals surface area contributed by atoms with Crippen LogP contribution in [-0.4, -0.2) is 39.4 Å². The zero-order valence-electron chi connectivity index (χ0n) is 16.7. The summed E-state index contributed by atoms with van der Waals surface area (Å²) < 4.78 is 5.55. The van der Waals surface area contributed by atoms with E-state index in [4.69, 9.17) is 16.3 Å². The van der Waals surface area contributed by atoms with E-state index in [1.54, 1.807) is 57.2 Å². The lowest BCUT2D eigenvalue weighted by molar-refractivity contribution is 0.00547. The fourth-order valence-corrected chi connectivity index (χ4v) is 3.04. The molecule has 2 aromatic carbocycles. The van der Waals surface area contributed by atoms with Gasteiger partial charge < -0.3 is 19.8 Å². The summed E-state index contributed by atoms with van der Waals surface area (Å²) in [6.07, 6.45) is -0.824. The minimum absolute atomic E-state index is 0.0779. The lowest BCUT2D eigenvalue weighted by atomic mass is 10.0.